The number of aliphatic carboxylic acids is 1. The lowest BCUT2D eigenvalue weighted by molar-refractivity contribution is -0.142. The summed E-state index contributed by atoms with van der Waals surface area (Å²) < 4.78 is 4.84. The van der Waals surface area contributed by atoms with Crippen molar-refractivity contribution < 1.29 is 19.4 Å². The summed E-state index contributed by atoms with van der Waals surface area (Å²) in [6, 6.07) is 0. The molecule has 1 fully saturated rings. The van der Waals surface area contributed by atoms with Crippen molar-refractivity contribution in [1.29, 1.82) is 0 Å². The number of carboxylic acid groups (broad SMARTS) is 1. The number of ether oxygens (including phenoxy) is 1. The number of carbonyl (C=O) groups is 2. The van der Waals surface area contributed by atoms with Crippen LogP contribution in [0, 0.1) is 11.8 Å². The summed E-state index contributed by atoms with van der Waals surface area (Å²) in [5.41, 5.74) is 0. The van der Waals surface area contributed by atoms with E-state index in [1.165, 1.54) is 25.7 Å². The van der Waals surface area contributed by atoms with Gasteiger partial charge in [-0.1, -0.05) is 32.6 Å². The van der Waals surface area contributed by atoms with Gasteiger partial charge >= 0.3 is 5.97 Å². The van der Waals surface area contributed by atoms with Crippen molar-refractivity contribution in [1.82, 2.24) is 5.32 Å². The van der Waals surface area contributed by atoms with Crippen LogP contribution in [-0.4, -0.2) is 36.7 Å². The maximum absolute atomic E-state index is 11.7. The molecule has 1 saturated carbocycles. The molecule has 0 aromatic carbocycles. The number of carbonyl (C=O) groups excluding carboxylic acids is 1. The highest BCUT2D eigenvalue weighted by atomic mass is 16.5. The van der Waals surface area contributed by atoms with Gasteiger partial charge in [0.1, 0.15) is 6.61 Å². The van der Waals surface area contributed by atoms with Gasteiger partial charge in [0.05, 0.1) is 6.61 Å². The number of rotatable bonds is 8. The zero-order chi connectivity index (χ0) is 13.4. The van der Waals surface area contributed by atoms with Crippen LogP contribution in [0.25, 0.3) is 0 Å². The first-order chi connectivity index (χ1) is 8.59. The van der Waals surface area contributed by atoms with Crippen LogP contribution >= 0.6 is 0 Å². The van der Waals surface area contributed by atoms with Crippen LogP contribution < -0.4 is 5.32 Å². The van der Waals surface area contributed by atoms with E-state index in [4.69, 9.17) is 9.84 Å². The standard InChI is InChI=1S/C13H23NO4/c1-10(8-11-4-2-3-5-11)13(17)14-6-7-18-9-12(15)16/h10-11H,2-9H2,1H3,(H,14,17)(H,15,16). The number of nitrogens with one attached hydrogen (secondary N) is 1. The molecule has 2 N–H and O–H groups in total. The maximum atomic E-state index is 11.7. The lowest BCUT2D eigenvalue weighted by Crippen LogP contribution is -2.33. The molecule has 1 aliphatic rings. The predicted octanol–water partition coefficient (Wildman–Crippen LogP) is 1.42. The Morgan fingerprint density at radius 1 is 1.39 bits per heavy atom. The van der Waals surface area contributed by atoms with Crippen LogP contribution in [-0.2, 0) is 14.3 Å². The van der Waals surface area contributed by atoms with Crippen LogP contribution in [0.5, 0.6) is 0 Å². The van der Waals surface area contributed by atoms with Gasteiger partial charge in [-0.25, -0.2) is 4.79 Å². The molecule has 1 atom stereocenters. The Hall–Kier alpha value is -1.10. The zero-order valence-electron chi connectivity index (χ0n) is 11.0. The van der Waals surface area contributed by atoms with E-state index in [9.17, 15) is 9.59 Å². The first kappa shape index (κ1) is 15.0. The highest BCUT2D eigenvalue weighted by molar-refractivity contribution is 5.78. The van der Waals surface area contributed by atoms with Gasteiger partial charge in [-0.2, -0.15) is 0 Å². The van der Waals surface area contributed by atoms with Gasteiger partial charge in [0, 0.05) is 12.5 Å². The Morgan fingerprint density at radius 3 is 2.67 bits per heavy atom. The first-order valence-electron chi connectivity index (χ1n) is 6.67. The highest BCUT2D eigenvalue weighted by Gasteiger charge is 2.21. The minimum atomic E-state index is -0.990. The molecule has 0 aliphatic heterocycles. The van der Waals surface area contributed by atoms with E-state index in [1.54, 1.807) is 0 Å². The molecule has 0 spiro atoms. The van der Waals surface area contributed by atoms with Gasteiger partial charge in [-0.15, -0.1) is 0 Å². The van der Waals surface area contributed by atoms with Crippen LogP contribution in [0.2, 0.25) is 0 Å². The molecular weight excluding hydrogens is 234 g/mol. The topological polar surface area (TPSA) is 75.6 Å². The monoisotopic (exact) mass is 257 g/mol. The molecule has 1 rings (SSSR count). The van der Waals surface area contributed by atoms with Crippen LogP contribution in [0.4, 0.5) is 0 Å². The van der Waals surface area contributed by atoms with Gasteiger partial charge in [0.15, 0.2) is 0 Å². The fourth-order valence-corrected chi connectivity index (χ4v) is 2.43. The Kier molecular flexibility index (Phi) is 6.72. The molecule has 5 nitrogen and oxygen atoms in total. The summed E-state index contributed by atoms with van der Waals surface area (Å²) in [7, 11) is 0. The van der Waals surface area contributed by atoms with Crippen LogP contribution in [0.3, 0.4) is 0 Å². The smallest absolute Gasteiger partial charge is 0.329 e. The SMILES string of the molecule is CC(CC1CCCC1)C(=O)NCCOCC(=O)O. The number of amides is 1. The molecule has 18 heavy (non-hydrogen) atoms. The Morgan fingerprint density at radius 2 is 2.06 bits per heavy atom. The quantitative estimate of drug-likeness (QED) is 0.645. The van der Waals surface area contributed by atoms with Gasteiger partial charge in [-0.05, 0) is 12.3 Å². The number of carboxylic acids is 1. The fourth-order valence-electron chi connectivity index (χ4n) is 2.43. The lowest BCUT2D eigenvalue weighted by atomic mass is 9.94. The van der Waals surface area contributed by atoms with E-state index in [-0.39, 0.29) is 25.0 Å². The average molecular weight is 257 g/mol. The third-order valence-electron chi connectivity index (χ3n) is 3.38. The third kappa shape index (κ3) is 6.00. The minimum Gasteiger partial charge on any atom is -0.480 e. The van der Waals surface area contributed by atoms with Crippen LogP contribution in [0.15, 0.2) is 0 Å². The molecule has 0 bridgehead atoms. The van der Waals surface area contributed by atoms with Crippen LogP contribution in [0.1, 0.15) is 39.0 Å². The van der Waals surface area contributed by atoms with Crippen molar-refractivity contribution in [3.63, 3.8) is 0 Å². The molecule has 5 heteroatoms. The fraction of sp³-hybridized carbons (Fsp3) is 0.846. The van der Waals surface area contributed by atoms with Gasteiger partial charge in [-0.3, -0.25) is 4.79 Å². The van der Waals surface area contributed by atoms with Crippen molar-refractivity contribution in [2.75, 3.05) is 19.8 Å². The van der Waals surface area contributed by atoms with Crippen molar-refractivity contribution in [2.24, 2.45) is 11.8 Å². The summed E-state index contributed by atoms with van der Waals surface area (Å²) in [5.74, 6) is -0.210. The van der Waals surface area contributed by atoms with E-state index in [1.807, 2.05) is 6.92 Å². The molecule has 0 radical (unpaired) electrons. The summed E-state index contributed by atoms with van der Waals surface area (Å²) in [5, 5.41) is 11.1. The molecule has 1 amide bonds. The molecule has 104 valence electrons. The van der Waals surface area contributed by atoms with E-state index in [0.29, 0.717) is 12.5 Å². The zero-order valence-corrected chi connectivity index (χ0v) is 11.0. The van der Waals surface area contributed by atoms with Gasteiger partial charge in [0.2, 0.25) is 5.91 Å². The van der Waals surface area contributed by atoms with E-state index in [2.05, 4.69) is 5.32 Å². The molecule has 0 aromatic heterocycles. The lowest BCUT2D eigenvalue weighted by Gasteiger charge is -2.16. The summed E-state index contributed by atoms with van der Waals surface area (Å²) in [6.45, 7) is 2.26. The van der Waals surface area contributed by atoms with Gasteiger partial charge in [0.25, 0.3) is 0 Å². The second kappa shape index (κ2) is 8.08. The molecular formula is C13H23NO4. The molecule has 0 aromatic rings. The second-order valence-corrected chi connectivity index (χ2v) is 5.02. The first-order valence-corrected chi connectivity index (χ1v) is 6.67. The summed E-state index contributed by atoms with van der Waals surface area (Å²) in [6.07, 6.45) is 6.05. The molecule has 1 unspecified atom stereocenters. The second-order valence-electron chi connectivity index (χ2n) is 5.02. The van der Waals surface area contributed by atoms with E-state index in [0.717, 1.165) is 6.42 Å². The predicted molar refractivity (Wildman–Crippen MR) is 67.2 cm³/mol. The van der Waals surface area contributed by atoms with Gasteiger partial charge < -0.3 is 15.2 Å². The Labute approximate surface area is 108 Å². The Bertz CT molecular complexity index is 274. The highest BCUT2D eigenvalue weighted by Crippen LogP contribution is 2.30. The number of hydrogen-bond acceptors (Lipinski definition) is 3. The van der Waals surface area contributed by atoms with Crippen molar-refractivity contribution in [3.8, 4) is 0 Å². The third-order valence-corrected chi connectivity index (χ3v) is 3.38. The molecule has 0 heterocycles. The molecule has 0 saturated heterocycles. The minimum absolute atomic E-state index is 0.0348. The summed E-state index contributed by atoms with van der Waals surface area (Å²) >= 11 is 0. The van der Waals surface area contributed by atoms with E-state index < -0.39 is 5.97 Å². The normalized spacial score (nSPS) is 17.6. The Balaban J connectivity index is 2.05. The number of hydrogen-bond donors (Lipinski definition) is 2. The maximum Gasteiger partial charge on any atom is 0.329 e. The summed E-state index contributed by atoms with van der Waals surface area (Å²) in [4.78, 5) is 21.9. The van der Waals surface area contributed by atoms with E-state index >= 15 is 0 Å². The molecule has 1 aliphatic carbocycles. The van der Waals surface area contributed by atoms with Crippen molar-refractivity contribution in [2.45, 2.75) is 39.0 Å². The van der Waals surface area contributed by atoms with Crippen molar-refractivity contribution in [3.05, 3.63) is 0 Å². The van der Waals surface area contributed by atoms with Crippen molar-refractivity contribution >= 4 is 11.9 Å². The average Bonchev–Trinajstić information content (AvgIpc) is 2.80. The largest absolute Gasteiger partial charge is 0.480 e.